The van der Waals surface area contributed by atoms with Crippen molar-refractivity contribution in [1.82, 2.24) is 9.80 Å². The van der Waals surface area contributed by atoms with Crippen LogP contribution in [0.4, 0.5) is 0 Å². The molecule has 1 aromatic heterocycles. The molecule has 2 rings (SSSR count). The molecule has 0 spiro atoms. The van der Waals surface area contributed by atoms with Gasteiger partial charge in [0.05, 0.1) is 0 Å². The first-order chi connectivity index (χ1) is 8.08. The monoisotopic (exact) mass is 250 g/mol. The van der Waals surface area contributed by atoms with Crippen molar-refractivity contribution < 1.29 is 0 Å². The molecule has 1 aliphatic heterocycles. The zero-order valence-electron chi connectivity index (χ0n) is 10.7. The van der Waals surface area contributed by atoms with E-state index in [1.54, 1.807) is 11.3 Å². The number of thiophene rings is 1. The Labute approximate surface area is 106 Å². The van der Waals surface area contributed by atoms with Crippen LogP contribution < -0.4 is 0 Å². The average molecular weight is 250 g/mol. The van der Waals surface area contributed by atoms with Gasteiger partial charge in [-0.2, -0.15) is 11.3 Å². The molecule has 0 fully saturated rings. The van der Waals surface area contributed by atoms with Gasteiger partial charge in [0.15, 0.2) is 0 Å². The standard InChI is InChI=1S/C12H18N4S/c1-9-13-10(2)16(4)12(14-9)15(3)7-11-5-6-17-8-11/h5-6,8-9H,7H2,1-4H3. The number of guanidine groups is 1. The van der Waals surface area contributed by atoms with Crippen LogP contribution in [0, 0.1) is 0 Å². The third kappa shape index (κ3) is 2.66. The van der Waals surface area contributed by atoms with Crippen LogP contribution in [-0.2, 0) is 6.54 Å². The molecule has 0 aliphatic carbocycles. The third-order valence-corrected chi connectivity index (χ3v) is 3.53. The maximum atomic E-state index is 4.58. The smallest absolute Gasteiger partial charge is 0.204 e. The number of rotatable bonds is 2. The van der Waals surface area contributed by atoms with Crippen molar-refractivity contribution in [2.75, 3.05) is 14.1 Å². The van der Waals surface area contributed by atoms with Gasteiger partial charge in [0.25, 0.3) is 0 Å². The minimum atomic E-state index is 0.0196. The van der Waals surface area contributed by atoms with Gasteiger partial charge in [-0.3, -0.25) is 0 Å². The highest BCUT2D eigenvalue weighted by Crippen LogP contribution is 2.13. The van der Waals surface area contributed by atoms with E-state index in [-0.39, 0.29) is 6.17 Å². The van der Waals surface area contributed by atoms with E-state index in [0.29, 0.717) is 0 Å². The van der Waals surface area contributed by atoms with E-state index in [2.05, 4.69) is 38.8 Å². The summed E-state index contributed by atoms with van der Waals surface area (Å²) in [5, 5.41) is 4.27. The SMILES string of the molecule is CC1=NC(C)N=C(N(C)Cc2ccsc2)N1C. The molecular formula is C12H18N4S. The molecule has 0 bridgehead atoms. The van der Waals surface area contributed by atoms with Gasteiger partial charge in [-0.05, 0) is 36.2 Å². The number of nitrogens with zero attached hydrogens (tertiary/aromatic N) is 4. The molecular weight excluding hydrogens is 232 g/mol. The number of hydrogen-bond acceptors (Lipinski definition) is 5. The Hall–Kier alpha value is -1.36. The van der Waals surface area contributed by atoms with Crippen LogP contribution in [0.15, 0.2) is 26.8 Å². The van der Waals surface area contributed by atoms with Crippen LogP contribution >= 0.6 is 11.3 Å². The summed E-state index contributed by atoms with van der Waals surface area (Å²) >= 11 is 1.73. The zero-order valence-corrected chi connectivity index (χ0v) is 11.5. The lowest BCUT2D eigenvalue weighted by molar-refractivity contribution is 0.432. The molecule has 17 heavy (non-hydrogen) atoms. The Morgan fingerprint density at radius 3 is 2.88 bits per heavy atom. The number of aliphatic imine (C=N–C) groups is 2. The van der Waals surface area contributed by atoms with Gasteiger partial charge in [0, 0.05) is 20.6 Å². The molecule has 2 heterocycles. The van der Waals surface area contributed by atoms with Crippen LogP contribution in [0.3, 0.4) is 0 Å². The zero-order chi connectivity index (χ0) is 12.4. The molecule has 0 N–H and O–H groups in total. The van der Waals surface area contributed by atoms with E-state index in [1.807, 2.05) is 25.8 Å². The fourth-order valence-electron chi connectivity index (χ4n) is 1.87. The summed E-state index contributed by atoms with van der Waals surface area (Å²) in [6.07, 6.45) is 0.0196. The normalized spacial score (nSPS) is 20.0. The quantitative estimate of drug-likeness (QED) is 0.806. The molecule has 0 aromatic carbocycles. The summed E-state index contributed by atoms with van der Waals surface area (Å²) in [6, 6.07) is 2.15. The number of amidine groups is 1. The second kappa shape index (κ2) is 4.87. The third-order valence-electron chi connectivity index (χ3n) is 2.80. The molecule has 0 radical (unpaired) electrons. The lowest BCUT2D eigenvalue weighted by atomic mass is 10.3. The predicted molar refractivity (Wildman–Crippen MR) is 73.6 cm³/mol. The average Bonchev–Trinajstić information content (AvgIpc) is 2.76. The van der Waals surface area contributed by atoms with Crippen molar-refractivity contribution in [3.05, 3.63) is 22.4 Å². The molecule has 1 aromatic rings. The van der Waals surface area contributed by atoms with Crippen molar-refractivity contribution in [1.29, 1.82) is 0 Å². The molecule has 1 unspecified atom stereocenters. The van der Waals surface area contributed by atoms with Gasteiger partial charge < -0.3 is 9.80 Å². The summed E-state index contributed by atoms with van der Waals surface area (Å²) < 4.78 is 0. The highest BCUT2D eigenvalue weighted by molar-refractivity contribution is 7.07. The predicted octanol–water partition coefficient (Wildman–Crippen LogP) is 2.25. The van der Waals surface area contributed by atoms with E-state index < -0.39 is 0 Å². The van der Waals surface area contributed by atoms with E-state index >= 15 is 0 Å². The summed E-state index contributed by atoms with van der Waals surface area (Å²) in [7, 11) is 4.08. The summed E-state index contributed by atoms with van der Waals surface area (Å²) in [4.78, 5) is 13.2. The molecule has 1 aliphatic rings. The van der Waals surface area contributed by atoms with E-state index in [1.165, 1.54) is 5.56 Å². The van der Waals surface area contributed by atoms with Gasteiger partial charge >= 0.3 is 0 Å². The topological polar surface area (TPSA) is 31.2 Å². The number of hydrogen-bond donors (Lipinski definition) is 0. The van der Waals surface area contributed by atoms with E-state index in [4.69, 9.17) is 0 Å². The second-order valence-corrected chi connectivity index (χ2v) is 5.06. The largest absolute Gasteiger partial charge is 0.341 e. The van der Waals surface area contributed by atoms with Crippen molar-refractivity contribution in [2.45, 2.75) is 26.6 Å². The van der Waals surface area contributed by atoms with Crippen molar-refractivity contribution in [2.24, 2.45) is 9.98 Å². The minimum Gasteiger partial charge on any atom is -0.341 e. The van der Waals surface area contributed by atoms with Gasteiger partial charge in [-0.15, -0.1) is 0 Å². The van der Waals surface area contributed by atoms with Crippen molar-refractivity contribution in [3.63, 3.8) is 0 Å². The Balaban J connectivity index is 2.11. The summed E-state index contributed by atoms with van der Waals surface area (Å²) in [5.41, 5.74) is 1.32. The van der Waals surface area contributed by atoms with Crippen LogP contribution in [0.25, 0.3) is 0 Å². The molecule has 0 saturated heterocycles. The van der Waals surface area contributed by atoms with Crippen LogP contribution in [0.1, 0.15) is 19.4 Å². The first-order valence-electron chi connectivity index (χ1n) is 5.66. The van der Waals surface area contributed by atoms with E-state index in [9.17, 15) is 0 Å². The highest BCUT2D eigenvalue weighted by atomic mass is 32.1. The van der Waals surface area contributed by atoms with Crippen LogP contribution in [0.5, 0.6) is 0 Å². The maximum absolute atomic E-state index is 4.58. The molecule has 0 saturated carbocycles. The second-order valence-electron chi connectivity index (χ2n) is 4.28. The minimum absolute atomic E-state index is 0.0196. The fourth-order valence-corrected chi connectivity index (χ4v) is 2.53. The first kappa shape index (κ1) is 12.1. The van der Waals surface area contributed by atoms with Crippen molar-refractivity contribution in [3.8, 4) is 0 Å². The lowest BCUT2D eigenvalue weighted by Crippen LogP contribution is -2.45. The molecule has 5 heteroatoms. The fraction of sp³-hybridized carbons (Fsp3) is 0.500. The van der Waals surface area contributed by atoms with Crippen molar-refractivity contribution >= 4 is 23.1 Å². The molecule has 4 nitrogen and oxygen atoms in total. The molecule has 1 atom stereocenters. The summed E-state index contributed by atoms with van der Waals surface area (Å²) in [6.45, 7) is 4.91. The van der Waals surface area contributed by atoms with Gasteiger partial charge in [-0.25, -0.2) is 9.98 Å². The Morgan fingerprint density at radius 1 is 1.47 bits per heavy atom. The highest BCUT2D eigenvalue weighted by Gasteiger charge is 2.20. The van der Waals surface area contributed by atoms with Gasteiger partial charge in [0.2, 0.25) is 5.96 Å². The van der Waals surface area contributed by atoms with Crippen LogP contribution in [0.2, 0.25) is 0 Å². The molecule has 0 amide bonds. The maximum Gasteiger partial charge on any atom is 0.204 e. The Kier molecular flexibility index (Phi) is 3.47. The van der Waals surface area contributed by atoms with Gasteiger partial charge in [-0.1, -0.05) is 0 Å². The lowest BCUT2D eigenvalue weighted by Gasteiger charge is -2.32. The Morgan fingerprint density at radius 2 is 2.24 bits per heavy atom. The molecule has 92 valence electrons. The van der Waals surface area contributed by atoms with Gasteiger partial charge in [0.1, 0.15) is 12.0 Å². The first-order valence-corrected chi connectivity index (χ1v) is 6.60. The Bertz CT molecular complexity index is 435. The van der Waals surface area contributed by atoms with E-state index in [0.717, 1.165) is 18.3 Å². The van der Waals surface area contributed by atoms with Crippen LogP contribution in [-0.4, -0.2) is 41.9 Å². The summed E-state index contributed by atoms with van der Waals surface area (Å²) in [5.74, 6) is 2.00.